The van der Waals surface area contributed by atoms with Crippen LogP contribution in [0.5, 0.6) is 0 Å². The van der Waals surface area contributed by atoms with Gasteiger partial charge in [-0.3, -0.25) is 0 Å². The highest BCUT2D eigenvalue weighted by atomic mass is 35.5. The van der Waals surface area contributed by atoms with Crippen LogP contribution in [0.4, 0.5) is 4.39 Å². The quantitative estimate of drug-likeness (QED) is 0.868. The molecule has 2 aromatic rings. The van der Waals surface area contributed by atoms with Gasteiger partial charge in [-0.2, -0.15) is 0 Å². The average Bonchev–Trinajstić information content (AvgIpc) is 2.68. The van der Waals surface area contributed by atoms with Gasteiger partial charge in [-0.25, -0.2) is 4.39 Å². The lowest BCUT2D eigenvalue weighted by molar-refractivity contribution is 0.563. The van der Waals surface area contributed by atoms with Crippen LogP contribution in [0.2, 0.25) is 4.34 Å². The van der Waals surface area contributed by atoms with Crippen LogP contribution >= 0.6 is 22.9 Å². The minimum Gasteiger partial charge on any atom is -0.306 e. The Kier molecular flexibility index (Phi) is 4.38. The molecule has 1 N–H and O–H groups in total. The maximum atomic E-state index is 13.9. The van der Waals surface area contributed by atoms with Crippen molar-refractivity contribution in [1.29, 1.82) is 0 Å². The van der Waals surface area contributed by atoms with E-state index >= 15 is 0 Å². The summed E-state index contributed by atoms with van der Waals surface area (Å²) in [5.74, 6) is -0.189. The summed E-state index contributed by atoms with van der Waals surface area (Å²) in [6.45, 7) is 4.75. The van der Waals surface area contributed by atoms with E-state index < -0.39 is 0 Å². The van der Waals surface area contributed by atoms with Gasteiger partial charge in [-0.1, -0.05) is 36.7 Å². The van der Waals surface area contributed by atoms with E-state index in [1.54, 1.807) is 6.07 Å². The molecule has 0 amide bonds. The molecule has 2 rings (SSSR count). The maximum absolute atomic E-state index is 13.9. The maximum Gasteiger partial charge on any atom is 0.128 e. The molecule has 4 heteroatoms. The van der Waals surface area contributed by atoms with Gasteiger partial charge in [0.1, 0.15) is 5.82 Å². The Balaban J connectivity index is 2.43. The van der Waals surface area contributed by atoms with E-state index in [0.717, 1.165) is 21.3 Å². The number of hydrogen-bond acceptors (Lipinski definition) is 2. The highest BCUT2D eigenvalue weighted by Crippen LogP contribution is 2.34. The fraction of sp³-hybridized carbons (Fsp3) is 0.286. The summed E-state index contributed by atoms with van der Waals surface area (Å²) in [4.78, 5) is 1.05. The molecule has 0 aliphatic rings. The van der Waals surface area contributed by atoms with Gasteiger partial charge in [0.15, 0.2) is 0 Å². The molecular formula is C14H15ClFNS. The number of thiophene rings is 1. The molecule has 1 aromatic heterocycles. The van der Waals surface area contributed by atoms with Crippen molar-refractivity contribution in [3.05, 3.63) is 56.5 Å². The molecule has 0 aliphatic carbocycles. The van der Waals surface area contributed by atoms with Gasteiger partial charge in [0.25, 0.3) is 0 Å². The molecule has 0 spiro atoms. The molecule has 0 saturated carbocycles. The molecule has 0 aliphatic heterocycles. The minimum atomic E-state index is -0.189. The predicted molar refractivity (Wildman–Crippen MR) is 76.0 cm³/mol. The van der Waals surface area contributed by atoms with E-state index in [0.29, 0.717) is 5.56 Å². The van der Waals surface area contributed by atoms with Crippen molar-refractivity contribution in [3.63, 3.8) is 0 Å². The number of benzene rings is 1. The van der Waals surface area contributed by atoms with Gasteiger partial charge in [0.05, 0.1) is 10.4 Å². The lowest BCUT2D eigenvalue weighted by Gasteiger charge is -2.17. The zero-order valence-corrected chi connectivity index (χ0v) is 11.9. The lowest BCUT2D eigenvalue weighted by Crippen LogP contribution is -2.22. The summed E-state index contributed by atoms with van der Waals surface area (Å²) in [6, 6.07) is 8.74. The SMILES string of the molecule is CCNC(c1cc(C)c(Cl)s1)c1ccccc1F. The van der Waals surface area contributed by atoms with Gasteiger partial charge in [-0.15, -0.1) is 11.3 Å². The van der Waals surface area contributed by atoms with Crippen LogP contribution in [-0.4, -0.2) is 6.54 Å². The highest BCUT2D eigenvalue weighted by molar-refractivity contribution is 7.16. The van der Waals surface area contributed by atoms with Gasteiger partial charge in [0, 0.05) is 10.4 Å². The zero-order chi connectivity index (χ0) is 13.1. The second-order valence-corrected chi connectivity index (χ2v) is 5.80. The molecule has 1 unspecified atom stereocenters. The van der Waals surface area contributed by atoms with Crippen LogP contribution in [-0.2, 0) is 0 Å². The lowest BCUT2D eigenvalue weighted by atomic mass is 10.0. The molecule has 18 heavy (non-hydrogen) atoms. The Morgan fingerprint density at radius 2 is 2.11 bits per heavy atom. The van der Waals surface area contributed by atoms with Gasteiger partial charge >= 0.3 is 0 Å². The first-order valence-corrected chi connectivity index (χ1v) is 7.06. The van der Waals surface area contributed by atoms with Crippen molar-refractivity contribution in [2.24, 2.45) is 0 Å². The first-order valence-electron chi connectivity index (χ1n) is 5.87. The molecule has 0 bridgehead atoms. The van der Waals surface area contributed by atoms with Gasteiger partial charge < -0.3 is 5.32 Å². The summed E-state index contributed by atoms with van der Waals surface area (Å²) >= 11 is 7.60. The summed E-state index contributed by atoms with van der Waals surface area (Å²) in [6.07, 6.45) is 0. The zero-order valence-electron chi connectivity index (χ0n) is 10.3. The van der Waals surface area contributed by atoms with Crippen LogP contribution in [0.3, 0.4) is 0 Å². The Morgan fingerprint density at radius 1 is 1.39 bits per heavy atom. The highest BCUT2D eigenvalue weighted by Gasteiger charge is 2.19. The van der Waals surface area contributed by atoms with E-state index in [1.807, 2.05) is 32.0 Å². The van der Waals surface area contributed by atoms with Crippen LogP contribution in [0, 0.1) is 12.7 Å². The van der Waals surface area contributed by atoms with Gasteiger partial charge in [-0.05, 0) is 31.2 Å². The third-order valence-electron chi connectivity index (χ3n) is 2.79. The Hall–Kier alpha value is -0.900. The summed E-state index contributed by atoms with van der Waals surface area (Å²) in [5, 5.41) is 3.31. The van der Waals surface area contributed by atoms with E-state index in [-0.39, 0.29) is 11.9 Å². The molecule has 1 atom stereocenters. The topological polar surface area (TPSA) is 12.0 Å². The molecule has 0 fully saturated rings. The third-order valence-corrected chi connectivity index (χ3v) is 4.41. The molecule has 1 heterocycles. The molecule has 1 nitrogen and oxygen atoms in total. The number of aryl methyl sites for hydroxylation is 1. The van der Waals surface area contributed by atoms with Crippen LogP contribution in [0.15, 0.2) is 30.3 Å². The normalized spacial score (nSPS) is 12.7. The first kappa shape index (κ1) is 13.5. The standard InChI is InChI=1S/C14H15ClFNS/c1-3-17-13(10-6-4-5-7-11(10)16)12-8-9(2)14(15)18-12/h4-8,13,17H,3H2,1-2H3. The number of hydrogen-bond donors (Lipinski definition) is 1. The summed E-state index contributed by atoms with van der Waals surface area (Å²) in [7, 11) is 0. The van der Waals surface area contributed by atoms with E-state index in [1.165, 1.54) is 17.4 Å². The Morgan fingerprint density at radius 3 is 2.67 bits per heavy atom. The van der Waals surface area contributed by atoms with E-state index in [9.17, 15) is 4.39 Å². The largest absolute Gasteiger partial charge is 0.306 e. The van der Waals surface area contributed by atoms with Crippen molar-refractivity contribution >= 4 is 22.9 Å². The second-order valence-electron chi connectivity index (χ2n) is 4.12. The van der Waals surface area contributed by atoms with Crippen molar-refractivity contribution in [1.82, 2.24) is 5.32 Å². The summed E-state index contributed by atoms with van der Waals surface area (Å²) < 4.78 is 14.7. The Labute approximate surface area is 116 Å². The van der Waals surface area contributed by atoms with Crippen LogP contribution in [0.25, 0.3) is 0 Å². The van der Waals surface area contributed by atoms with E-state index in [2.05, 4.69) is 5.32 Å². The van der Waals surface area contributed by atoms with Crippen molar-refractivity contribution < 1.29 is 4.39 Å². The second kappa shape index (κ2) is 5.83. The first-order chi connectivity index (χ1) is 8.63. The van der Waals surface area contributed by atoms with Gasteiger partial charge in [0.2, 0.25) is 0 Å². The van der Waals surface area contributed by atoms with Crippen molar-refractivity contribution in [2.75, 3.05) is 6.54 Å². The Bertz CT molecular complexity index is 519. The molecule has 96 valence electrons. The molecule has 0 saturated heterocycles. The fourth-order valence-corrected chi connectivity index (χ4v) is 3.22. The average molecular weight is 284 g/mol. The number of nitrogens with one attached hydrogen (secondary N) is 1. The van der Waals surface area contributed by atoms with Crippen LogP contribution in [0.1, 0.15) is 29.0 Å². The van der Waals surface area contributed by atoms with Crippen molar-refractivity contribution in [3.8, 4) is 0 Å². The fourth-order valence-electron chi connectivity index (χ4n) is 1.90. The molecule has 0 radical (unpaired) electrons. The monoisotopic (exact) mass is 283 g/mol. The minimum absolute atomic E-state index is 0.132. The van der Waals surface area contributed by atoms with Crippen LogP contribution < -0.4 is 5.32 Å². The summed E-state index contributed by atoms with van der Waals surface area (Å²) in [5.41, 5.74) is 1.70. The predicted octanol–water partition coefficient (Wildman–Crippen LogP) is 4.55. The number of halogens is 2. The van der Waals surface area contributed by atoms with Crippen molar-refractivity contribution in [2.45, 2.75) is 19.9 Å². The smallest absolute Gasteiger partial charge is 0.128 e. The van der Waals surface area contributed by atoms with E-state index in [4.69, 9.17) is 11.6 Å². The third kappa shape index (κ3) is 2.74. The number of rotatable bonds is 4. The molecular weight excluding hydrogens is 269 g/mol. The molecule has 1 aromatic carbocycles.